The van der Waals surface area contributed by atoms with Gasteiger partial charge >= 0.3 is 0 Å². The Morgan fingerprint density at radius 1 is 1.00 bits per heavy atom. The van der Waals surface area contributed by atoms with Gasteiger partial charge in [0.25, 0.3) is 0 Å². The van der Waals surface area contributed by atoms with Crippen LogP contribution in [0.15, 0.2) is 36.4 Å². The maximum atomic E-state index is 13.7. The number of benzene rings is 2. The Hall–Kier alpha value is -2.01. The predicted octanol–water partition coefficient (Wildman–Crippen LogP) is 3.79. The van der Waals surface area contributed by atoms with Gasteiger partial charge in [0.15, 0.2) is 0 Å². The van der Waals surface area contributed by atoms with Gasteiger partial charge in [0.1, 0.15) is 29.8 Å². The monoisotopic (exact) mass is 295 g/mol. The molecule has 0 spiro atoms. The first kappa shape index (κ1) is 15.4. The van der Waals surface area contributed by atoms with Crippen LogP contribution in [0.25, 0.3) is 0 Å². The molecule has 0 amide bonds. The first-order valence-corrected chi connectivity index (χ1v) is 6.65. The topological polar surface area (TPSA) is 21.3 Å². The van der Waals surface area contributed by atoms with Crippen molar-refractivity contribution in [2.45, 2.75) is 20.1 Å². The average Bonchev–Trinajstić information content (AvgIpc) is 2.44. The van der Waals surface area contributed by atoms with Crippen LogP contribution < -0.4 is 10.1 Å². The molecule has 0 fully saturated rings. The first-order chi connectivity index (χ1) is 10.1. The zero-order chi connectivity index (χ0) is 15.2. The molecule has 0 aliphatic carbocycles. The Morgan fingerprint density at radius 2 is 1.71 bits per heavy atom. The fourth-order valence-corrected chi connectivity index (χ4v) is 1.89. The molecule has 0 aliphatic rings. The molecule has 2 aromatic carbocycles. The molecule has 0 saturated heterocycles. The maximum absolute atomic E-state index is 13.7. The summed E-state index contributed by atoms with van der Waals surface area (Å²) in [5, 5.41) is 3.14. The Bertz CT molecular complexity index is 596. The number of hydrogen-bond acceptors (Lipinski definition) is 2. The SMILES string of the molecule is CCNCc1ccc(F)c(COc2cc(F)cc(F)c2)c1. The smallest absolute Gasteiger partial charge is 0.129 e. The van der Waals surface area contributed by atoms with Crippen LogP contribution in [0.4, 0.5) is 13.2 Å². The van der Waals surface area contributed by atoms with Crippen molar-refractivity contribution in [2.24, 2.45) is 0 Å². The second kappa shape index (κ2) is 7.13. The van der Waals surface area contributed by atoms with E-state index in [1.54, 1.807) is 12.1 Å². The van der Waals surface area contributed by atoms with Crippen LogP contribution in [-0.4, -0.2) is 6.54 Å². The Labute approximate surface area is 121 Å². The molecule has 2 rings (SSSR count). The largest absolute Gasteiger partial charge is 0.489 e. The van der Waals surface area contributed by atoms with Gasteiger partial charge in [-0.3, -0.25) is 0 Å². The molecule has 1 N–H and O–H groups in total. The molecular weight excluding hydrogens is 279 g/mol. The first-order valence-electron chi connectivity index (χ1n) is 6.65. The molecular formula is C16H16F3NO. The number of hydrogen-bond donors (Lipinski definition) is 1. The quantitative estimate of drug-likeness (QED) is 0.875. The van der Waals surface area contributed by atoms with Crippen LogP contribution >= 0.6 is 0 Å². The highest BCUT2D eigenvalue weighted by atomic mass is 19.1. The summed E-state index contributed by atoms with van der Waals surface area (Å²) >= 11 is 0. The molecule has 2 aromatic rings. The lowest BCUT2D eigenvalue weighted by molar-refractivity contribution is 0.296. The highest BCUT2D eigenvalue weighted by molar-refractivity contribution is 5.27. The molecule has 0 unspecified atom stereocenters. The van der Waals surface area contributed by atoms with Gasteiger partial charge in [-0.1, -0.05) is 13.0 Å². The summed E-state index contributed by atoms with van der Waals surface area (Å²) in [5.74, 6) is -1.84. The minimum atomic E-state index is -0.730. The van der Waals surface area contributed by atoms with Crippen molar-refractivity contribution in [1.82, 2.24) is 5.32 Å². The highest BCUT2D eigenvalue weighted by Crippen LogP contribution is 2.18. The Morgan fingerprint density at radius 3 is 2.38 bits per heavy atom. The van der Waals surface area contributed by atoms with Crippen LogP contribution in [0, 0.1) is 17.5 Å². The molecule has 0 atom stereocenters. The van der Waals surface area contributed by atoms with Crippen LogP contribution in [0.1, 0.15) is 18.1 Å². The van der Waals surface area contributed by atoms with Gasteiger partial charge in [-0.05, 0) is 24.2 Å². The van der Waals surface area contributed by atoms with E-state index in [-0.39, 0.29) is 12.4 Å². The third-order valence-corrected chi connectivity index (χ3v) is 2.92. The van der Waals surface area contributed by atoms with E-state index in [1.807, 2.05) is 6.92 Å². The zero-order valence-electron chi connectivity index (χ0n) is 11.6. The molecule has 112 valence electrons. The lowest BCUT2D eigenvalue weighted by Gasteiger charge is -2.10. The van der Waals surface area contributed by atoms with E-state index in [0.717, 1.165) is 30.3 Å². The van der Waals surface area contributed by atoms with Gasteiger partial charge in [-0.25, -0.2) is 13.2 Å². The molecule has 0 aliphatic heterocycles. The van der Waals surface area contributed by atoms with Gasteiger partial charge < -0.3 is 10.1 Å². The summed E-state index contributed by atoms with van der Waals surface area (Å²) in [4.78, 5) is 0. The van der Waals surface area contributed by atoms with Crippen molar-refractivity contribution in [3.63, 3.8) is 0 Å². The molecule has 0 heterocycles. The van der Waals surface area contributed by atoms with Crippen molar-refractivity contribution in [2.75, 3.05) is 6.54 Å². The molecule has 2 nitrogen and oxygen atoms in total. The average molecular weight is 295 g/mol. The van der Waals surface area contributed by atoms with Crippen LogP contribution in [0.5, 0.6) is 5.75 Å². The van der Waals surface area contributed by atoms with Gasteiger partial charge in [0.05, 0.1) is 0 Å². The van der Waals surface area contributed by atoms with E-state index >= 15 is 0 Å². The number of ether oxygens (including phenoxy) is 1. The second-order valence-corrected chi connectivity index (χ2v) is 4.60. The summed E-state index contributed by atoms with van der Waals surface area (Å²) in [6, 6.07) is 7.59. The maximum Gasteiger partial charge on any atom is 0.129 e. The fraction of sp³-hybridized carbons (Fsp3) is 0.250. The van der Waals surface area contributed by atoms with Gasteiger partial charge in [-0.15, -0.1) is 0 Å². The van der Waals surface area contributed by atoms with Gasteiger partial charge in [0.2, 0.25) is 0 Å². The van der Waals surface area contributed by atoms with Crippen molar-refractivity contribution in [3.05, 3.63) is 65.0 Å². The molecule has 0 bridgehead atoms. The molecule has 21 heavy (non-hydrogen) atoms. The highest BCUT2D eigenvalue weighted by Gasteiger charge is 2.07. The third-order valence-electron chi connectivity index (χ3n) is 2.92. The minimum Gasteiger partial charge on any atom is -0.489 e. The predicted molar refractivity (Wildman–Crippen MR) is 74.5 cm³/mol. The normalized spacial score (nSPS) is 10.7. The van der Waals surface area contributed by atoms with Gasteiger partial charge in [-0.2, -0.15) is 0 Å². The van der Waals surface area contributed by atoms with Crippen LogP contribution in [-0.2, 0) is 13.2 Å². The van der Waals surface area contributed by atoms with E-state index in [0.29, 0.717) is 12.1 Å². The van der Waals surface area contributed by atoms with E-state index in [9.17, 15) is 13.2 Å². The lowest BCUT2D eigenvalue weighted by Crippen LogP contribution is -2.12. The number of rotatable bonds is 6. The van der Waals surface area contributed by atoms with Crippen molar-refractivity contribution < 1.29 is 17.9 Å². The third kappa shape index (κ3) is 4.49. The second-order valence-electron chi connectivity index (χ2n) is 4.60. The zero-order valence-corrected chi connectivity index (χ0v) is 11.6. The Balaban J connectivity index is 2.08. The van der Waals surface area contributed by atoms with E-state index in [4.69, 9.17) is 4.74 Å². The molecule has 5 heteroatoms. The van der Waals surface area contributed by atoms with Crippen LogP contribution in [0.2, 0.25) is 0 Å². The van der Waals surface area contributed by atoms with Crippen molar-refractivity contribution >= 4 is 0 Å². The van der Waals surface area contributed by atoms with Crippen molar-refractivity contribution in [1.29, 1.82) is 0 Å². The Kier molecular flexibility index (Phi) is 5.22. The summed E-state index contributed by atoms with van der Waals surface area (Å²) < 4.78 is 45.0. The molecule has 0 radical (unpaired) electrons. The van der Waals surface area contributed by atoms with E-state index in [2.05, 4.69) is 5.32 Å². The standard InChI is InChI=1S/C16H16F3NO/c1-2-20-9-11-3-4-16(19)12(5-11)10-21-15-7-13(17)6-14(18)8-15/h3-8,20H,2,9-10H2,1H3. The summed E-state index contributed by atoms with van der Waals surface area (Å²) in [5.41, 5.74) is 1.26. The van der Waals surface area contributed by atoms with Crippen LogP contribution in [0.3, 0.4) is 0 Å². The fourth-order valence-electron chi connectivity index (χ4n) is 1.89. The van der Waals surface area contributed by atoms with Crippen molar-refractivity contribution in [3.8, 4) is 5.75 Å². The van der Waals surface area contributed by atoms with E-state index in [1.165, 1.54) is 6.07 Å². The number of nitrogens with one attached hydrogen (secondary N) is 1. The minimum absolute atomic E-state index is 0.0315. The van der Waals surface area contributed by atoms with E-state index < -0.39 is 17.5 Å². The summed E-state index contributed by atoms with van der Waals surface area (Å²) in [6.45, 7) is 3.32. The lowest BCUT2D eigenvalue weighted by atomic mass is 10.1. The molecule has 0 saturated carbocycles. The van der Waals surface area contributed by atoms with Gasteiger partial charge in [0, 0.05) is 30.3 Å². The molecule has 0 aromatic heterocycles. The number of halogens is 3. The summed E-state index contributed by atoms with van der Waals surface area (Å²) in [6.07, 6.45) is 0. The summed E-state index contributed by atoms with van der Waals surface area (Å²) in [7, 11) is 0.